The van der Waals surface area contributed by atoms with E-state index in [0.717, 1.165) is 0 Å². The van der Waals surface area contributed by atoms with Crippen molar-refractivity contribution in [1.29, 1.82) is 0 Å². The normalized spacial score (nSPS) is 10.3. The molecule has 0 unspecified atom stereocenters. The number of hydrogen-bond acceptors (Lipinski definition) is 4. The highest BCUT2D eigenvalue weighted by Crippen LogP contribution is 2.17. The number of nitrogens with one attached hydrogen (secondary N) is 2. The minimum atomic E-state index is -0.391. The minimum Gasteiger partial charge on any atom is -0.497 e. The molecule has 0 aliphatic rings. The molecule has 2 N–H and O–H groups in total. The summed E-state index contributed by atoms with van der Waals surface area (Å²) >= 11 is 0. The molecule has 2 rings (SSSR count). The number of methoxy groups -OCH3 is 1. The Morgan fingerprint density at radius 3 is 2.61 bits per heavy atom. The number of benzene rings is 1. The molecule has 1 aromatic heterocycles. The molecule has 0 radical (unpaired) electrons. The van der Waals surface area contributed by atoms with E-state index in [1.807, 2.05) is 13.8 Å². The highest BCUT2D eigenvalue weighted by Gasteiger charge is 2.13. The van der Waals surface area contributed by atoms with E-state index in [-0.39, 0.29) is 17.6 Å². The summed E-state index contributed by atoms with van der Waals surface area (Å²) < 4.78 is 5.11. The number of aromatic nitrogens is 1. The SMILES string of the molecule is COc1cccc(NC(=O)c2cc(C(=O)NC(C)C)ccn2)c1. The molecule has 0 atom stereocenters. The van der Waals surface area contributed by atoms with E-state index in [4.69, 9.17) is 4.74 Å². The summed E-state index contributed by atoms with van der Waals surface area (Å²) in [5.41, 5.74) is 1.15. The summed E-state index contributed by atoms with van der Waals surface area (Å²) in [6.07, 6.45) is 1.44. The second-order valence-corrected chi connectivity index (χ2v) is 5.24. The molecule has 6 heteroatoms. The number of anilines is 1. The predicted molar refractivity (Wildman–Crippen MR) is 87.8 cm³/mol. The summed E-state index contributed by atoms with van der Waals surface area (Å²) in [6.45, 7) is 3.74. The van der Waals surface area contributed by atoms with E-state index in [1.165, 1.54) is 12.3 Å². The first-order valence-corrected chi connectivity index (χ1v) is 7.22. The van der Waals surface area contributed by atoms with Gasteiger partial charge in [0.1, 0.15) is 11.4 Å². The van der Waals surface area contributed by atoms with E-state index in [1.54, 1.807) is 37.4 Å². The van der Waals surface area contributed by atoms with Crippen LogP contribution in [0.1, 0.15) is 34.7 Å². The van der Waals surface area contributed by atoms with Crippen molar-refractivity contribution in [2.45, 2.75) is 19.9 Å². The Balaban J connectivity index is 2.14. The van der Waals surface area contributed by atoms with Gasteiger partial charge in [0.25, 0.3) is 11.8 Å². The fraction of sp³-hybridized carbons (Fsp3) is 0.235. The zero-order valence-corrected chi connectivity index (χ0v) is 13.3. The van der Waals surface area contributed by atoms with Crippen LogP contribution in [0.4, 0.5) is 5.69 Å². The lowest BCUT2D eigenvalue weighted by molar-refractivity contribution is 0.0943. The highest BCUT2D eigenvalue weighted by atomic mass is 16.5. The number of rotatable bonds is 5. The van der Waals surface area contributed by atoms with Crippen molar-refractivity contribution in [3.8, 4) is 5.75 Å². The lowest BCUT2D eigenvalue weighted by Gasteiger charge is -2.09. The molecule has 0 spiro atoms. The number of carbonyl (C=O) groups excluding carboxylic acids is 2. The van der Waals surface area contributed by atoms with E-state index >= 15 is 0 Å². The molecule has 120 valence electrons. The first-order chi connectivity index (χ1) is 11.0. The zero-order chi connectivity index (χ0) is 16.8. The Bertz CT molecular complexity index is 714. The van der Waals surface area contributed by atoms with Gasteiger partial charge in [0.2, 0.25) is 0 Å². The molecular formula is C17H19N3O3. The largest absolute Gasteiger partial charge is 0.497 e. The summed E-state index contributed by atoms with van der Waals surface area (Å²) in [5.74, 6) is 0.0103. The third-order valence-corrected chi connectivity index (χ3v) is 3.00. The lowest BCUT2D eigenvalue weighted by Crippen LogP contribution is -2.30. The number of hydrogen-bond donors (Lipinski definition) is 2. The Morgan fingerprint density at radius 2 is 1.91 bits per heavy atom. The molecule has 23 heavy (non-hydrogen) atoms. The fourth-order valence-corrected chi connectivity index (χ4v) is 1.94. The van der Waals surface area contributed by atoms with Gasteiger partial charge in [-0.2, -0.15) is 0 Å². The van der Waals surface area contributed by atoms with E-state index in [0.29, 0.717) is 17.0 Å². The second kappa shape index (κ2) is 7.40. The quantitative estimate of drug-likeness (QED) is 0.888. The van der Waals surface area contributed by atoms with Crippen LogP contribution in [0.25, 0.3) is 0 Å². The van der Waals surface area contributed by atoms with Gasteiger partial charge in [0, 0.05) is 29.6 Å². The van der Waals surface area contributed by atoms with Gasteiger partial charge in [-0.1, -0.05) is 6.07 Å². The lowest BCUT2D eigenvalue weighted by atomic mass is 10.2. The van der Waals surface area contributed by atoms with Gasteiger partial charge in [0.15, 0.2) is 0 Å². The topological polar surface area (TPSA) is 80.3 Å². The van der Waals surface area contributed by atoms with Crippen LogP contribution in [-0.2, 0) is 0 Å². The third kappa shape index (κ3) is 4.54. The van der Waals surface area contributed by atoms with E-state index in [2.05, 4.69) is 15.6 Å². The van der Waals surface area contributed by atoms with Crippen LogP contribution < -0.4 is 15.4 Å². The minimum absolute atomic E-state index is 0.0183. The third-order valence-electron chi connectivity index (χ3n) is 3.00. The summed E-state index contributed by atoms with van der Waals surface area (Å²) in [4.78, 5) is 28.3. The van der Waals surface area contributed by atoms with Crippen molar-refractivity contribution in [2.24, 2.45) is 0 Å². The molecule has 0 bridgehead atoms. The summed E-state index contributed by atoms with van der Waals surface area (Å²) in [5, 5.41) is 5.50. The maximum Gasteiger partial charge on any atom is 0.274 e. The Morgan fingerprint density at radius 1 is 1.13 bits per heavy atom. The van der Waals surface area contributed by atoms with Gasteiger partial charge >= 0.3 is 0 Å². The van der Waals surface area contributed by atoms with Crippen molar-refractivity contribution >= 4 is 17.5 Å². The molecule has 0 aliphatic carbocycles. The van der Waals surface area contributed by atoms with Gasteiger partial charge < -0.3 is 15.4 Å². The number of ether oxygens (including phenoxy) is 1. The molecule has 0 saturated carbocycles. The molecule has 0 saturated heterocycles. The molecule has 0 fully saturated rings. The van der Waals surface area contributed by atoms with Crippen LogP contribution >= 0.6 is 0 Å². The molecule has 1 aromatic carbocycles. The van der Waals surface area contributed by atoms with Gasteiger partial charge in [-0.15, -0.1) is 0 Å². The first-order valence-electron chi connectivity index (χ1n) is 7.22. The average Bonchev–Trinajstić information content (AvgIpc) is 2.54. The number of pyridine rings is 1. The molecule has 1 heterocycles. The fourth-order valence-electron chi connectivity index (χ4n) is 1.94. The Kier molecular flexibility index (Phi) is 5.30. The molecule has 0 aliphatic heterocycles. The monoisotopic (exact) mass is 313 g/mol. The molecule has 2 aromatic rings. The van der Waals surface area contributed by atoms with Gasteiger partial charge in [0.05, 0.1) is 7.11 Å². The van der Waals surface area contributed by atoms with Gasteiger partial charge in [-0.3, -0.25) is 14.6 Å². The van der Waals surface area contributed by atoms with Crippen LogP contribution in [0.2, 0.25) is 0 Å². The Labute approximate surface area is 134 Å². The number of amides is 2. The number of carbonyl (C=O) groups is 2. The predicted octanol–water partition coefficient (Wildman–Crippen LogP) is 2.48. The van der Waals surface area contributed by atoms with Gasteiger partial charge in [-0.25, -0.2) is 0 Å². The van der Waals surface area contributed by atoms with Crippen molar-refractivity contribution in [1.82, 2.24) is 10.3 Å². The summed E-state index contributed by atoms with van der Waals surface area (Å²) in [6, 6.07) is 10.1. The van der Waals surface area contributed by atoms with Crippen LogP contribution in [0.5, 0.6) is 5.75 Å². The highest BCUT2D eigenvalue weighted by molar-refractivity contribution is 6.04. The van der Waals surface area contributed by atoms with E-state index in [9.17, 15) is 9.59 Å². The van der Waals surface area contributed by atoms with Crippen LogP contribution in [0.15, 0.2) is 42.6 Å². The van der Waals surface area contributed by atoms with Crippen LogP contribution in [0, 0.1) is 0 Å². The first kappa shape index (κ1) is 16.5. The second-order valence-electron chi connectivity index (χ2n) is 5.24. The average molecular weight is 313 g/mol. The zero-order valence-electron chi connectivity index (χ0n) is 13.3. The number of nitrogens with zero attached hydrogens (tertiary/aromatic N) is 1. The summed E-state index contributed by atoms with van der Waals surface area (Å²) in [7, 11) is 1.55. The van der Waals surface area contributed by atoms with Crippen molar-refractivity contribution in [3.05, 3.63) is 53.9 Å². The van der Waals surface area contributed by atoms with Gasteiger partial charge in [-0.05, 0) is 38.1 Å². The Hall–Kier alpha value is -2.89. The molecule has 2 amide bonds. The van der Waals surface area contributed by atoms with Crippen molar-refractivity contribution in [3.63, 3.8) is 0 Å². The van der Waals surface area contributed by atoms with Crippen LogP contribution in [0.3, 0.4) is 0 Å². The molecular weight excluding hydrogens is 294 g/mol. The maximum absolute atomic E-state index is 12.3. The smallest absolute Gasteiger partial charge is 0.274 e. The van der Waals surface area contributed by atoms with Crippen molar-refractivity contribution in [2.75, 3.05) is 12.4 Å². The van der Waals surface area contributed by atoms with Crippen molar-refractivity contribution < 1.29 is 14.3 Å². The van der Waals surface area contributed by atoms with E-state index < -0.39 is 5.91 Å². The van der Waals surface area contributed by atoms with Crippen LogP contribution in [-0.4, -0.2) is 29.9 Å². The molecule has 6 nitrogen and oxygen atoms in total. The standard InChI is InChI=1S/C17H19N3O3/c1-11(2)19-16(21)12-7-8-18-15(9-12)17(22)20-13-5-4-6-14(10-13)23-3/h4-11H,1-3H3,(H,19,21)(H,20,22). The maximum atomic E-state index is 12.3.